The lowest BCUT2D eigenvalue weighted by Gasteiger charge is -2.23. The number of benzene rings is 1. The molecule has 3 amide bonds. The Morgan fingerprint density at radius 3 is 2.19 bits per heavy atom. The Hall–Kier alpha value is -2.37. The standard InChI is InChI=1S/C15H19N3O3/c1-17(12-8-6-11(16)7-9-12)15(21)10-18-13(19)4-2-3-5-14(18)20/h6-9H,2-5,10,16H2,1H3. The number of likely N-dealkylation sites (N-methyl/N-ethyl adjacent to an activating group) is 1. The molecule has 0 atom stereocenters. The van der Waals surface area contributed by atoms with Gasteiger partial charge in [-0.05, 0) is 37.1 Å². The van der Waals surface area contributed by atoms with E-state index in [1.54, 1.807) is 31.3 Å². The van der Waals surface area contributed by atoms with E-state index in [1.165, 1.54) is 4.90 Å². The number of nitrogen functional groups attached to an aromatic ring is 1. The summed E-state index contributed by atoms with van der Waals surface area (Å²) >= 11 is 0. The first-order chi connectivity index (χ1) is 9.99. The molecule has 2 rings (SSSR count). The van der Waals surface area contributed by atoms with Gasteiger partial charge < -0.3 is 10.6 Å². The maximum Gasteiger partial charge on any atom is 0.246 e. The highest BCUT2D eigenvalue weighted by molar-refractivity contribution is 6.03. The van der Waals surface area contributed by atoms with Gasteiger partial charge in [-0.3, -0.25) is 19.3 Å². The summed E-state index contributed by atoms with van der Waals surface area (Å²) < 4.78 is 0. The van der Waals surface area contributed by atoms with Crippen molar-refractivity contribution >= 4 is 29.1 Å². The molecule has 0 bridgehead atoms. The number of likely N-dealkylation sites (tertiary alicyclic amines) is 1. The highest BCUT2D eigenvalue weighted by Crippen LogP contribution is 2.17. The van der Waals surface area contributed by atoms with Crippen molar-refractivity contribution < 1.29 is 14.4 Å². The van der Waals surface area contributed by atoms with Gasteiger partial charge in [-0.1, -0.05) is 0 Å². The highest BCUT2D eigenvalue weighted by atomic mass is 16.2. The number of rotatable bonds is 3. The number of hydrogen-bond donors (Lipinski definition) is 1. The van der Waals surface area contributed by atoms with E-state index in [4.69, 9.17) is 5.73 Å². The second kappa shape index (κ2) is 6.39. The lowest BCUT2D eigenvalue weighted by molar-refractivity contribution is -0.146. The summed E-state index contributed by atoms with van der Waals surface area (Å²) in [4.78, 5) is 38.5. The third-order valence-electron chi connectivity index (χ3n) is 3.58. The second-order valence-electron chi connectivity index (χ2n) is 5.13. The quantitative estimate of drug-likeness (QED) is 0.668. The molecule has 0 radical (unpaired) electrons. The van der Waals surface area contributed by atoms with Crippen LogP contribution in [0.3, 0.4) is 0 Å². The summed E-state index contributed by atoms with van der Waals surface area (Å²) in [6.07, 6.45) is 2.04. The molecule has 0 aliphatic carbocycles. The molecule has 112 valence electrons. The van der Waals surface area contributed by atoms with Crippen molar-refractivity contribution in [1.29, 1.82) is 0 Å². The number of anilines is 2. The topological polar surface area (TPSA) is 83.7 Å². The van der Waals surface area contributed by atoms with Gasteiger partial charge in [0, 0.05) is 31.3 Å². The first-order valence-electron chi connectivity index (χ1n) is 6.94. The molecule has 1 aromatic carbocycles. The average Bonchev–Trinajstić information content (AvgIpc) is 2.62. The summed E-state index contributed by atoms with van der Waals surface area (Å²) in [5.74, 6) is -0.837. The monoisotopic (exact) mass is 289 g/mol. The predicted molar refractivity (Wildman–Crippen MR) is 79.5 cm³/mol. The van der Waals surface area contributed by atoms with Crippen LogP contribution in [0.5, 0.6) is 0 Å². The largest absolute Gasteiger partial charge is 0.399 e. The minimum absolute atomic E-state index is 0.210. The number of carbonyl (C=O) groups excluding carboxylic acids is 3. The van der Waals surface area contributed by atoms with Gasteiger partial charge >= 0.3 is 0 Å². The van der Waals surface area contributed by atoms with Gasteiger partial charge in [-0.15, -0.1) is 0 Å². The Kier molecular flexibility index (Phi) is 4.57. The van der Waals surface area contributed by atoms with Crippen LogP contribution in [-0.2, 0) is 14.4 Å². The minimum atomic E-state index is -0.302. The molecule has 2 N–H and O–H groups in total. The SMILES string of the molecule is CN(C(=O)CN1C(=O)CCCCC1=O)c1ccc(N)cc1. The van der Waals surface area contributed by atoms with Crippen molar-refractivity contribution in [2.75, 3.05) is 24.2 Å². The van der Waals surface area contributed by atoms with E-state index in [1.807, 2.05) is 0 Å². The van der Waals surface area contributed by atoms with E-state index in [0.717, 1.165) is 4.90 Å². The minimum Gasteiger partial charge on any atom is -0.399 e. The van der Waals surface area contributed by atoms with Crippen LogP contribution in [0.15, 0.2) is 24.3 Å². The lowest BCUT2D eigenvalue weighted by Crippen LogP contribution is -2.43. The van der Waals surface area contributed by atoms with Crippen molar-refractivity contribution in [3.05, 3.63) is 24.3 Å². The summed E-state index contributed by atoms with van der Waals surface area (Å²) in [5, 5.41) is 0. The van der Waals surface area contributed by atoms with Crippen molar-refractivity contribution in [3.8, 4) is 0 Å². The molecule has 1 aliphatic rings. The van der Waals surface area contributed by atoms with E-state index in [-0.39, 0.29) is 24.3 Å². The molecule has 0 saturated carbocycles. The highest BCUT2D eigenvalue weighted by Gasteiger charge is 2.27. The van der Waals surface area contributed by atoms with Crippen LogP contribution in [0.4, 0.5) is 11.4 Å². The molecule has 0 unspecified atom stereocenters. The number of nitrogens with two attached hydrogens (primary N) is 1. The molecular weight excluding hydrogens is 270 g/mol. The number of imide groups is 1. The van der Waals surface area contributed by atoms with Crippen LogP contribution in [-0.4, -0.2) is 36.2 Å². The fourth-order valence-corrected chi connectivity index (χ4v) is 2.22. The van der Waals surface area contributed by atoms with Crippen molar-refractivity contribution in [1.82, 2.24) is 4.90 Å². The van der Waals surface area contributed by atoms with Crippen LogP contribution in [0, 0.1) is 0 Å². The number of hydrogen-bond acceptors (Lipinski definition) is 4. The number of carbonyl (C=O) groups is 3. The Bertz CT molecular complexity index is 536. The molecule has 6 nitrogen and oxygen atoms in total. The molecule has 6 heteroatoms. The first kappa shape index (κ1) is 15.0. The fourth-order valence-electron chi connectivity index (χ4n) is 2.22. The molecule has 1 aliphatic heterocycles. The van der Waals surface area contributed by atoms with Gasteiger partial charge in [0.25, 0.3) is 0 Å². The summed E-state index contributed by atoms with van der Waals surface area (Å²) in [6.45, 7) is -0.210. The molecule has 21 heavy (non-hydrogen) atoms. The van der Waals surface area contributed by atoms with E-state index >= 15 is 0 Å². The summed E-state index contributed by atoms with van der Waals surface area (Å²) in [6, 6.07) is 6.83. The zero-order chi connectivity index (χ0) is 15.4. The maximum atomic E-state index is 12.2. The van der Waals surface area contributed by atoms with Crippen LogP contribution < -0.4 is 10.6 Å². The zero-order valence-corrected chi connectivity index (χ0v) is 12.0. The average molecular weight is 289 g/mol. The summed E-state index contributed by atoms with van der Waals surface area (Å²) in [5.41, 5.74) is 6.88. The molecule has 0 aromatic heterocycles. The van der Waals surface area contributed by atoms with E-state index in [0.29, 0.717) is 37.1 Å². The predicted octanol–water partition coefficient (Wildman–Crippen LogP) is 1.16. The third-order valence-corrected chi connectivity index (χ3v) is 3.58. The Morgan fingerprint density at radius 2 is 1.67 bits per heavy atom. The van der Waals surface area contributed by atoms with E-state index < -0.39 is 0 Å². The molecular formula is C15H19N3O3. The van der Waals surface area contributed by atoms with Crippen LogP contribution in [0.25, 0.3) is 0 Å². The third kappa shape index (κ3) is 3.59. The molecule has 1 saturated heterocycles. The Morgan fingerprint density at radius 1 is 1.14 bits per heavy atom. The maximum absolute atomic E-state index is 12.2. The van der Waals surface area contributed by atoms with E-state index in [2.05, 4.69) is 0 Å². The fraction of sp³-hybridized carbons (Fsp3) is 0.400. The van der Waals surface area contributed by atoms with Crippen LogP contribution in [0.1, 0.15) is 25.7 Å². The van der Waals surface area contributed by atoms with Gasteiger partial charge in [-0.2, -0.15) is 0 Å². The Balaban J connectivity index is 2.07. The Labute approximate surface area is 123 Å². The lowest BCUT2D eigenvalue weighted by atomic mass is 10.2. The first-order valence-corrected chi connectivity index (χ1v) is 6.94. The zero-order valence-electron chi connectivity index (χ0n) is 12.0. The van der Waals surface area contributed by atoms with Gasteiger partial charge in [0.2, 0.25) is 17.7 Å². The van der Waals surface area contributed by atoms with Crippen molar-refractivity contribution in [2.24, 2.45) is 0 Å². The van der Waals surface area contributed by atoms with Gasteiger partial charge in [0.1, 0.15) is 6.54 Å². The molecule has 1 aromatic rings. The smallest absolute Gasteiger partial charge is 0.246 e. The van der Waals surface area contributed by atoms with Gasteiger partial charge in [0.15, 0.2) is 0 Å². The van der Waals surface area contributed by atoms with E-state index in [9.17, 15) is 14.4 Å². The van der Waals surface area contributed by atoms with Crippen molar-refractivity contribution in [2.45, 2.75) is 25.7 Å². The van der Waals surface area contributed by atoms with Gasteiger partial charge in [-0.25, -0.2) is 0 Å². The number of amides is 3. The summed E-state index contributed by atoms with van der Waals surface area (Å²) in [7, 11) is 1.61. The van der Waals surface area contributed by atoms with Gasteiger partial charge in [0.05, 0.1) is 0 Å². The van der Waals surface area contributed by atoms with Crippen LogP contribution >= 0.6 is 0 Å². The molecule has 1 fully saturated rings. The molecule has 1 heterocycles. The molecule has 0 spiro atoms. The number of nitrogens with zero attached hydrogens (tertiary/aromatic N) is 2. The normalized spacial score (nSPS) is 15.8. The van der Waals surface area contributed by atoms with Crippen molar-refractivity contribution in [3.63, 3.8) is 0 Å². The second-order valence-corrected chi connectivity index (χ2v) is 5.13. The van der Waals surface area contributed by atoms with Crippen LogP contribution in [0.2, 0.25) is 0 Å².